The maximum Gasteiger partial charge on any atom is 0.325 e. The Morgan fingerprint density at radius 1 is 1.14 bits per heavy atom. The van der Waals surface area contributed by atoms with Gasteiger partial charge in [-0.05, 0) is 30.5 Å². The minimum atomic E-state index is -0.690. The van der Waals surface area contributed by atoms with Crippen molar-refractivity contribution in [1.82, 2.24) is 15.5 Å². The van der Waals surface area contributed by atoms with E-state index in [1.165, 1.54) is 4.90 Å². The van der Waals surface area contributed by atoms with Crippen LogP contribution in [0.1, 0.15) is 36.9 Å². The van der Waals surface area contributed by atoms with E-state index >= 15 is 0 Å². The van der Waals surface area contributed by atoms with Crippen LogP contribution in [0.15, 0.2) is 54.6 Å². The van der Waals surface area contributed by atoms with Crippen LogP contribution in [-0.2, 0) is 16.1 Å². The van der Waals surface area contributed by atoms with Gasteiger partial charge in [-0.1, -0.05) is 60.1 Å². The predicted molar refractivity (Wildman–Crippen MR) is 107 cm³/mol. The number of benzene rings is 2. The molecule has 6 nitrogen and oxygen atoms in total. The molecule has 4 amide bonds. The Balaban J connectivity index is 1.52. The topological polar surface area (TPSA) is 78.5 Å². The van der Waals surface area contributed by atoms with Gasteiger partial charge in [0.2, 0.25) is 5.91 Å². The number of carbonyl (C=O) groups is 3. The summed E-state index contributed by atoms with van der Waals surface area (Å²) in [6.45, 7) is 2.13. The molecule has 0 aliphatic carbocycles. The fourth-order valence-electron chi connectivity index (χ4n) is 3.19. The van der Waals surface area contributed by atoms with Crippen LogP contribution in [-0.4, -0.2) is 28.8 Å². The number of hydrogen-bond donors (Lipinski definition) is 2. The first-order chi connectivity index (χ1) is 13.5. The summed E-state index contributed by atoms with van der Waals surface area (Å²) in [7, 11) is 0. The molecule has 0 unspecified atom stereocenters. The van der Waals surface area contributed by atoms with Gasteiger partial charge in [-0.15, -0.1) is 0 Å². The first-order valence-electron chi connectivity index (χ1n) is 9.16. The Bertz CT molecular complexity index is 872. The molecule has 0 saturated carbocycles. The highest BCUT2D eigenvalue weighted by Crippen LogP contribution is 2.25. The van der Waals surface area contributed by atoms with Crippen LogP contribution in [0.3, 0.4) is 0 Å². The van der Waals surface area contributed by atoms with E-state index in [4.69, 9.17) is 11.6 Å². The van der Waals surface area contributed by atoms with Gasteiger partial charge >= 0.3 is 6.03 Å². The van der Waals surface area contributed by atoms with Crippen LogP contribution in [0, 0.1) is 0 Å². The second-order valence-electron chi connectivity index (χ2n) is 6.70. The number of nitrogens with one attached hydrogen (secondary N) is 2. The Morgan fingerprint density at radius 3 is 2.54 bits per heavy atom. The molecule has 0 spiro atoms. The van der Waals surface area contributed by atoms with Gasteiger partial charge in [0.1, 0.15) is 6.04 Å². The molecule has 146 valence electrons. The van der Waals surface area contributed by atoms with Crippen molar-refractivity contribution in [3.05, 3.63) is 70.7 Å². The summed E-state index contributed by atoms with van der Waals surface area (Å²) in [6.07, 6.45) is 0.381. The smallest absolute Gasteiger partial charge is 0.325 e. The third kappa shape index (κ3) is 4.51. The van der Waals surface area contributed by atoms with E-state index in [1.807, 2.05) is 55.5 Å². The fraction of sp³-hybridized carbons (Fsp3) is 0.286. The standard InChI is InChI=1S/C21H22ClN3O3/c1-14(15-7-3-2-4-8-15)25-20(27)18(24-21(25)28)11-12-19(26)23-13-16-9-5-6-10-17(16)22/h2-10,14,18H,11-13H2,1H3,(H,23,26)(H,24,28)/t14-,18+/m0/s1. The van der Waals surface area contributed by atoms with Crippen molar-refractivity contribution < 1.29 is 14.4 Å². The molecule has 1 fully saturated rings. The molecule has 1 saturated heterocycles. The molecule has 7 heteroatoms. The summed E-state index contributed by atoms with van der Waals surface area (Å²) in [5, 5.41) is 6.06. The van der Waals surface area contributed by atoms with E-state index in [2.05, 4.69) is 10.6 Å². The lowest BCUT2D eigenvalue weighted by Crippen LogP contribution is -2.34. The van der Waals surface area contributed by atoms with Gasteiger partial charge in [0.05, 0.1) is 6.04 Å². The van der Waals surface area contributed by atoms with Gasteiger partial charge in [-0.2, -0.15) is 0 Å². The lowest BCUT2D eigenvalue weighted by molar-refractivity contribution is -0.129. The summed E-state index contributed by atoms with van der Waals surface area (Å²) >= 11 is 6.07. The van der Waals surface area contributed by atoms with Crippen molar-refractivity contribution in [2.75, 3.05) is 0 Å². The van der Waals surface area contributed by atoms with Gasteiger partial charge in [0, 0.05) is 18.0 Å². The second kappa shape index (κ2) is 8.89. The molecular weight excluding hydrogens is 378 g/mol. The van der Waals surface area contributed by atoms with Crippen LogP contribution in [0.4, 0.5) is 4.79 Å². The van der Waals surface area contributed by atoms with Crippen LogP contribution >= 0.6 is 11.6 Å². The molecule has 2 N–H and O–H groups in total. The lowest BCUT2D eigenvalue weighted by Gasteiger charge is -2.21. The van der Waals surface area contributed by atoms with Gasteiger partial charge in [-0.25, -0.2) is 4.79 Å². The van der Waals surface area contributed by atoms with E-state index in [-0.39, 0.29) is 30.7 Å². The molecule has 2 atom stereocenters. The normalized spacial score (nSPS) is 17.4. The Hall–Kier alpha value is -2.86. The molecule has 0 radical (unpaired) electrons. The third-order valence-electron chi connectivity index (χ3n) is 4.82. The van der Waals surface area contributed by atoms with Crippen molar-refractivity contribution in [1.29, 1.82) is 0 Å². The average molecular weight is 400 g/mol. The zero-order valence-electron chi connectivity index (χ0n) is 15.5. The molecule has 3 rings (SSSR count). The first-order valence-corrected chi connectivity index (χ1v) is 9.54. The van der Waals surface area contributed by atoms with Gasteiger partial charge in [-0.3, -0.25) is 14.5 Å². The zero-order valence-corrected chi connectivity index (χ0v) is 16.3. The molecule has 0 aromatic heterocycles. The zero-order chi connectivity index (χ0) is 20.1. The van der Waals surface area contributed by atoms with E-state index in [0.29, 0.717) is 11.6 Å². The van der Waals surface area contributed by atoms with Crippen LogP contribution in [0.5, 0.6) is 0 Å². The number of rotatable bonds is 7. The maximum atomic E-state index is 12.7. The van der Waals surface area contributed by atoms with Crippen molar-refractivity contribution in [3.63, 3.8) is 0 Å². The van der Waals surface area contributed by atoms with E-state index in [1.54, 1.807) is 6.07 Å². The third-order valence-corrected chi connectivity index (χ3v) is 5.18. The highest BCUT2D eigenvalue weighted by atomic mass is 35.5. The number of imide groups is 1. The molecule has 1 heterocycles. The second-order valence-corrected chi connectivity index (χ2v) is 7.11. The molecule has 2 aromatic carbocycles. The average Bonchev–Trinajstić information content (AvgIpc) is 2.99. The van der Waals surface area contributed by atoms with Crippen LogP contribution in [0.25, 0.3) is 0 Å². The maximum absolute atomic E-state index is 12.7. The molecule has 1 aliphatic heterocycles. The molecule has 1 aliphatic rings. The van der Waals surface area contributed by atoms with E-state index < -0.39 is 12.1 Å². The Kier molecular flexibility index (Phi) is 6.31. The number of hydrogen-bond acceptors (Lipinski definition) is 3. The molecular formula is C21H22ClN3O3. The number of halogens is 1. The summed E-state index contributed by atoms with van der Waals surface area (Å²) in [4.78, 5) is 38.3. The van der Waals surface area contributed by atoms with Gasteiger partial charge < -0.3 is 10.6 Å². The number of carbonyl (C=O) groups excluding carboxylic acids is 3. The van der Waals surface area contributed by atoms with Crippen LogP contribution in [0.2, 0.25) is 5.02 Å². The summed E-state index contributed by atoms with van der Waals surface area (Å²) in [5.74, 6) is -0.503. The quantitative estimate of drug-likeness (QED) is 0.700. The highest BCUT2D eigenvalue weighted by molar-refractivity contribution is 6.31. The minimum Gasteiger partial charge on any atom is -0.352 e. The molecule has 0 bridgehead atoms. The lowest BCUT2D eigenvalue weighted by atomic mass is 10.1. The summed E-state index contributed by atoms with van der Waals surface area (Å²) in [5.41, 5.74) is 1.70. The summed E-state index contributed by atoms with van der Waals surface area (Å²) < 4.78 is 0. The SMILES string of the molecule is C[C@@H](c1ccccc1)N1C(=O)N[C@H](CCC(=O)NCc2ccccc2Cl)C1=O. The van der Waals surface area contributed by atoms with E-state index in [9.17, 15) is 14.4 Å². The Labute approximate surface area is 168 Å². The highest BCUT2D eigenvalue weighted by Gasteiger charge is 2.40. The number of urea groups is 1. The molecule has 28 heavy (non-hydrogen) atoms. The number of nitrogens with zero attached hydrogens (tertiary/aromatic N) is 1. The van der Waals surface area contributed by atoms with Gasteiger partial charge in [0.25, 0.3) is 5.91 Å². The minimum absolute atomic E-state index is 0.134. The monoisotopic (exact) mass is 399 g/mol. The number of amides is 4. The molecule has 2 aromatic rings. The predicted octanol–water partition coefficient (Wildman–Crippen LogP) is 3.42. The van der Waals surface area contributed by atoms with Gasteiger partial charge in [0.15, 0.2) is 0 Å². The van der Waals surface area contributed by atoms with Crippen molar-refractivity contribution in [3.8, 4) is 0 Å². The first kappa shape index (κ1) is 19.9. The van der Waals surface area contributed by atoms with E-state index in [0.717, 1.165) is 11.1 Å². The van der Waals surface area contributed by atoms with Crippen LogP contribution < -0.4 is 10.6 Å². The van der Waals surface area contributed by atoms with Crippen molar-refractivity contribution in [2.24, 2.45) is 0 Å². The summed E-state index contributed by atoms with van der Waals surface area (Å²) in [6, 6.07) is 15.2. The van der Waals surface area contributed by atoms with Crippen molar-refractivity contribution in [2.45, 2.75) is 38.4 Å². The Morgan fingerprint density at radius 2 is 1.82 bits per heavy atom. The van der Waals surface area contributed by atoms with Crippen molar-refractivity contribution >= 4 is 29.4 Å². The fourth-order valence-corrected chi connectivity index (χ4v) is 3.39. The largest absolute Gasteiger partial charge is 0.352 e.